The fraction of sp³-hybridized carbons (Fsp3) is 0. The van der Waals surface area contributed by atoms with Gasteiger partial charge in [-0.2, -0.15) is 5.10 Å². The average Bonchev–Trinajstić information content (AvgIpc) is 2.69. The van der Waals surface area contributed by atoms with Gasteiger partial charge in [0.25, 0.3) is 5.91 Å². The van der Waals surface area contributed by atoms with Crippen LogP contribution in [0.4, 0.5) is 0 Å². The van der Waals surface area contributed by atoms with Crippen molar-refractivity contribution in [1.29, 1.82) is 0 Å². The van der Waals surface area contributed by atoms with Crippen molar-refractivity contribution in [3.63, 3.8) is 0 Å². The molecule has 28 heavy (non-hydrogen) atoms. The number of nitrogens with one attached hydrogen (secondary N) is 1. The number of benzene rings is 3. The van der Waals surface area contributed by atoms with E-state index in [-0.39, 0.29) is 5.75 Å². The SMILES string of the molecule is O=C(NN=Cc1ccc(OC(=O)c2cccc(Br)c2)cc1)c1ccc(O)cc1. The summed E-state index contributed by atoms with van der Waals surface area (Å²) in [6, 6.07) is 19.5. The number of halogens is 1. The van der Waals surface area contributed by atoms with Crippen molar-refractivity contribution in [2.75, 3.05) is 0 Å². The number of amides is 1. The molecule has 0 aromatic heterocycles. The van der Waals surface area contributed by atoms with Gasteiger partial charge < -0.3 is 9.84 Å². The molecule has 0 saturated carbocycles. The van der Waals surface area contributed by atoms with Gasteiger partial charge in [-0.25, -0.2) is 10.2 Å². The van der Waals surface area contributed by atoms with Crippen molar-refractivity contribution in [2.24, 2.45) is 5.10 Å². The van der Waals surface area contributed by atoms with E-state index in [0.717, 1.165) is 4.47 Å². The zero-order valence-corrected chi connectivity index (χ0v) is 16.1. The van der Waals surface area contributed by atoms with Gasteiger partial charge in [0, 0.05) is 10.0 Å². The lowest BCUT2D eigenvalue weighted by Gasteiger charge is -2.05. The van der Waals surface area contributed by atoms with Crippen molar-refractivity contribution in [3.05, 3.63) is 94.0 Å². The highest BCUT2D eigenvalue weighted by atomic mass is 79.9. The van der Waals surface area contributed by atoms with Gasteiger partial charge in [-0.1, -0.05) is 22.0 Å². The first-order valence-corrected chi connectivity index (χ1v) is 9.01. The molecule has 1 amide bonds. The molecule has 0 heterocycles. The number of phenolic OH excluding ortho intramolecular Hbond substituents is 1. The van der Waals surface area contributed by atoms with E-state index in [4.69, 9.17) is 4.74 Å². The maximum atomic E-state index is 12.1. The number of carbonyl (C=O) groups excluding carboxylic acids is 2. The number of nitrogens with zero attached hydrogens (tertiary/aromatic N) is 1. The Balaban J connectivity index is 1.56. The minimum Gasteiger partial charge on any atom is -0.508 e. The van der Waals surface area contributed by atoms with Gasteiger partial charge in [0.2, 0.25) is 0 Å². The van der Waals surface area contributed by atoms with Crippen LogP contribution in [0.5, 0.6) is 11.5 Å². The average molecular weight is 439 g/mol. The van der Waals surface area contributed by atoms with Crippen LogP contribution in [-0.4, -0.2) is 23.2 Å². The molecule has 0 aliphatic rings. The Morgan fingerprint density at radius 1 is 0.964 bits per heavy atom. The molecule has 0 aliphatic carbocycles. The Kier molecular flexibility index (Phi) is 6.18. The van der Waals surface area contributed by atoms with Gasteiger partial charge >= 0.3 is 5.97 Å². The van der Waals surface area contributed by atoms with E-state index in [1.54, 1.807) is 42.5 Å². The van der Waals surface area contributed by atoms with Gasteiger partial charge in [-0.05, 0) is 72.3 Å². The van der Waals surface area contributed by atoms with Crippen LogP contribution in [0.15, 0.2) is 82.4 Å². The fourth-order valence-electron chi connectivity index (χ4n) is 2.25. The predicted octanol–water partition coefficient (Wildman–Crippen LogP) is 4.14. The van der Waals surface area contributed by atoms with Crippen molar-refractivity contribution < 1.29 is 19.4 Å². The van der Waals surface area contributed by atoms with E-state index in [1.807, 2.05) is 6.07 Å². The first kappa shape index (κ1) is 19.3. The molecule has 0 saturated heterocycles. The molecule has 0 radical (unpaired) electrons. The van der Waals surface area contributed by atoms with Gasteiger partial charge in [0.05, 0.1) is 11.8 Å². The Morgan fingerprint density at radius 2 is 1.68 bits per heavy atom. The van der Waals surface area contributed by atoms with Crippen LogP contribution in [0.1, 0.15) is 26.3 Å². The second kappa shape index (κ2) is 8.96. The quantitative estimate of drug-likeness (QED) is 0.271. The molecule has 7 heteroatoms. The van der Waals surface area contributed by atoms with Crippen LogP contribution in [0.3, 0.4) is 0 Å². The summed E-state index contributed by atoms with van der Waals surface area (Å²) < 4.78 is 6.12. The number of hydrogen-bond donors (Lipinski definition) is 2. The summed E-state index contributed by atoms with van der Waals surface area (Å²) in [5.74, 6) is -0.365. The molecule has 0 spiro atoms. The molecule has 140 valence electrons. The predicted molar refractivity (Wildman–Crippen MR) is 109 cm³/mol. The summed E-state index contributed by atoms with van der Waals surface area (Å²) in [4.78, 5) is 24.0. The van der Waals surface area contributed by atoms with Crippen molar-refractivity contribution in [3.8, 4) is 11.5 Å². The summed E-state index contributed by atoms with van der Waals surface area (Å²) in [6.45, 7) is 0. The number of esters is 1. The van der Waals surface area contributed by atoms with Crippen molar-refractivity contribution in [2.45, 2.75) is 0 Å². The van der Waals surface area contributed by atoms with E-state index in [1.165, 1.54) is 30.5 Å². The zero-order valence-electron chi connectivity index (χ0n) is 14.5. The van der Waals surface area contributed by atoms with Crippen LogP contribution in [-0.2, 0) is 0 Å². The summed E-state index contributed by atoms with van der Waals surface area (Å²) in [5, 5.41) is 13.1. The van der Waals surface area contributed by atoms with E-state index < -0.39 is 11.9 Å². The van der Waals surface area contributed by atoms with Crippen molar-refractivity contribution >= 4 is 34.0 Å². The number of hydrogen-bond acceptors (Lipinski definition) is 5. The van der Waals surface area contributed by atoms with Crippen LogP contribution < -0.4 is 10.2 Å². The molecule has 3 aromatic rings. The zero-order chi connectivity index (χ0) is 19.9. The molecule has 0 unspecified atom stereocenters. The summed E-state index contributed by atoms with van der Waals surface area (Å²) in [5.41, 5.74) is 3.94. The summed E-state index contributed by atoms with van der Waals surface area (Å²) in [7, 11) is 0. The van der Waals surface area contributed by atoms with Gasteiger partial charge in [0.15, 0.2) is 0 Å². The third kappa shape index (κ3) is 5.28. The van der Waals surface area contributed by atoms with E-state index in [0.29, 0.717) is 22.4 Å². The highest BCUT2D eigenvalue weighted by molar-refractivity contribution is 9.10. The lowest BCUT2D eigenvalue weighted by Crippen LogP contribution is -2.17. The van der Waals surface area contributed by atoms with Crippen LogP contribution in [0, 0.1) is 0 Å². The summed E-state index contributed by atoms with van der Waals surface area (Å²) >= 11 is 3.31. The molecule has 3 rings (SSSR count). The number of aromatic hydroxyl groups is 1. The normalized spacial score (nSPS) is 10.6. The Bertz CT molecular complexity index is 1020. The lowest BCUT2D eigenvalue weighted by molar-refractivity contribution is 0.0734. The fourth-order valence-corrected chi connectivity index (χ4v) is 2.65. The third-order valence-electron chi connectivity index (χ3n) is 3.66. The monoisotopic (exact) mass is 438 g/mol. The molecular weight excluding hydrogens is 424 g/mol. The first-order valence-electron chi connectivity index (χ1n) is 8.21. The highest BCUT2D eigenvalue weighted by Crippen LogP contribution is 2.16. The minimum absolute atomic E-state index is 0.0840. The minimum atomic E-state index is -0.455. The lowest BCUT2D eigenvalue weighted by atomic mass is 10.2. The number of hydrazone groups is 1. The smallest absolute Gasteiger partial charge is 0.343 e. The van der Waals surface area contributed by atoms with Crippen LogP contribution >= 0.6 is 15.9 Å². The van der Waals surface area contributed by atoms with Gasteiger partial charge in [-0.15, -0.1) is 0 Å². The standard InChI is InChI=1S/C21H15BrN2O4/c22-17-3-1-2-16(12-17)21(27)28-19-10-4-14(5-11-19)13-23-24-20(26)15-6-8-18(25)9-7-15/h1-13,25H,(H,24,26). The Hall–Kier alpha value is -3.45. The topological polar surface area (TPSA) is 88.0 Å². The second-order valence-electron chi connectivity index (χ2n) is 5.71. The first-order chi connectivity index (χ1) is 13.5. The molecular formula is C21H15BrN2O4. The number of carbonyl (C=O) groups is 2. The third-order valence-corrected chi connectivity index (χ3v) is 4.15. The molecule has 0 fully saturated rings. The highest BCUT2D eigenvalue weighted by Gasteiger charge is 2.08. The molecule has 6 nitrogen and oxygen atoms in total. The Labute approximate surface area is 169 Å². The van der Waals surface area contributed by atoms with Crippen LogP contribution in [0.2, 0.25) is 0 Å². The molecule has 0 aliphatic heterocycles. The molecule has 3 aromatic carbocycles. The maximum Gasteiger partial charge on any atom is 0.343 e. The van der Waals surface area contributed by atoms with Gasteiger partial charge in [0.1, 0.15) is 11.5 Å². The molecule has 0 atom stereocenters. The number of ether oxygens (including phenoxy) is 1. The van der Waals surface area contributed by atoms with Crippen molar-refractivity contribution in [1.82, 2.24) is 5.43 Å². The Morgan fingerprint density at radius 3 is 2.36 bits per heavy atom. The van der Waals surface area contributed by atoms with E-state index in [2.05, 4.69) is 26.5 Å². The van der Waals surface area contributed by atoms with Gasteiger partial charge in [-0.3, -0.25) is 4.79 Å². The van der Waals surface area contributed by atoms with E-state index >= 15 is 0 Å². The largest absolute Gasteiger partial charge is 0.508 e. The number of phenols is 1. The second-order valence-corrected chi connectivity index (χ2v) is 6.63. The molecule has 2 N–H and O–H groups in total. The number of rotatable bonds is 5. The maximum absolute atomic E-state index is 12.1. The molecule has 0 bridgehead atoms. The van der Waals surface area contributed by atoms with E-state index in [9.17, 15) is 14.7 Å². The van der Waals surface area contributed by atoms with Crippen LogP contribution in [0.25, 0.3) is 0 Å². The summed E-state index contributed by atoms with van der Waals surface area (Å²) in [6.07, 6.45) is 1.47.